The summed E-state index contributed by atoms with van der Waals surface area (Å²) in [7, 11) is 0. The highest BCUT2D eigenvalue weighted by molar-refractivity contribution is 5.47. The Morgan fingerprint density at radius 3 is 2.67 bits per heavy atom. The quantitative estimate of drug-likeness (QED) is 0.458. The average Bonchev–Trinajstić information content (AvgIpc) is 3.49. The number of nitrogens with one attached hydrogen (secondary N) is 2. The largest absolute Gasteiger partial charge is 0.394 e. The van der Waals surface area contributed by atoms with Crippen LogP contribution in [0.3, 0.4) is 0 Å². The summed E-state index contributed by atoms with van der Waals surface area (Å²) >= 11 is 0. The van der Waals surface area contributed by atoms with Gasteiger partial charge in [0.1, 0.15) is 5.82 Å². The van der Waals surface area contributed by atoms with Crippen LogP contribution >= 0.6 is 0 Å². The van der Waals surface area contributed by atoms with Gasteiger partial charge in [-0.2, -0.15) is 4.98 Å². The van der Waals surface area contributed by atoms with E-state index in [1.165, 1.54) is 6.07 Å². The van der Waals surface area contributed by atoms with E-state index >= 15 is 0 Å². The Balaban J connectivity index is 1.79. The molecule has 0 aliphatic heterocycles. The van der Waals surface area contributed by atoms with Crippen molar-refractivity contribution in [2.45, 2.75) is 45.2 Å². The third-order valence-electron chi connectivity index (χ3n) is 4.71. The standard InChI is InChI=1S/C19H25N5O3/c1-12(2)16(11-25)22-19-21-15(13-7-8-13)9-18(23-19)20-10-14-5-3-4-6-17(14)24(26)27/h3-6,9,12-13,16,25H,7-8,10-11H2,1-2H3,(H2,20,21,22,23)/t16-/m0/s1. The fourth-order valence-electron chi connectivity index (χ4n) is 2.82. The van der Waals surface area contributed by atoms with Crippen molar-refractivity contribution in [2.75, 3.05) is 17.2 Å². The number of nitrogens with zero attached hydrogens (tertiary/aromatic N) is 3. The molecule has 1 aromatic carbocycles. The highest BCUT2D eigenvalue weighted by Crippen LogP contribution is 2.40. The van der Waals surface area contributed by atoms with Gasteiger partial charge < -0.3 is 15.7 Å². The Morgan fingerprint density at radius 1 is 1.30 bits per heavy atom. The zero-order valence-electron chi connectivity index (χ0n) is 15.6. The van der Waals surface area contributed by atoms with Crippen molar-refractivity contribution in [1.82, 2.24) is 9.97 Å². The molecule has 8 nitrogen and oxygen atoms in total. The monoisotopic (exact) mass is 371 g/mol. The van der Waals surface area contributed by atoms with Gasteiger partial charge >= 0.3 is 0 Å². The van der Waals surface area contributed by atoms with Gasteiger partial charge in [0.2, 0.25) is 5.95 Å². The van der Waals surface area contributed by atoms with Crippen LogP contribution in [0.1, 0.15) is 43.9 Å². The van der Waals surface area contributed by atoms with Crippen LogP contribution in [0.15, 0.2) is 30.3 Å². The van der Waals surface area contributed by atoms with E-state index in [-0.39, 0.29) is 29.2 Å². The topological polar surface area (TPSA) is 113 Å². The molecule has 0 spiro atoms. The second kappa shape index (κ2) is 8.30. The van der Waals surface area contributed by atoms with Gasteiger partial charge in [0.05, 0.1) is 23.3 Å². The Bertz CT molecular complexity index is 808. The summed E-state index contributed by atoms with van der Waals surface area (Å²) in [6.07, 6.45) is 2.21. The van der Waals surface area contributed by atoms with Crippen molar-refractivity contribution >= 4 is 17.5 Å². The van der Waals surface area contributed by atoms with Gasteiger partial charge in [0.25, 0.3) is 5.69 Å². The van der Waals surface area contributed by atoms with E-state index < -0.39 is 0 Å². The first-order valence-corrected chi connectivity index (χ1v) is 9.20. The minimum absolute atomic E-state index is 0.00629. The van der Waals surface area contributed by atoms with E-state index in [4.69, 9.17) is 0 Å². The normalized spacial score (nSPS) is 14.8. The van der Waals surface area contributed by atoms with Crippen molar-refractivity contribution in [3.8, 4) is 0 Å². The highest BCUT2D eigenvalue weighted by Gasteiger charge is 2.27. The van der Waals surface area contributed by atoms with E-state index in [0.717, 1.165) is 18.5 Å². The predicted molar refractivity (Wildman–Crippen MR) is 104 cm³/mol. The summed E-state index contributed by atoms with van der Waals surface area (Å²) in [5.74, 6) is 1.75. The number of aliphatic hydroxyl groups excluding tert-OH is 1. The fraction of sp³-hybridized carbons (Fsp3) is 0.474. The molecule has 2 aromatic rings. The summed E-state index contributed by atoms with van der Waals surface area (Å²) < 4.78 is 0. The molecule has 1 aliphatic carbocycles. The van der Waals surface area contributed by atoms with Crippen molar-refractivity contribution in [2.24, 2.45) is 5.92 Å². The molecule has 3 rings (SSSR count). The minimum atomic E-state index is -0.381. The molecule has 0 saturated heterocycles. The van der Waals surface area contributed by atoms with Crippen LogP contribution in [0.2, 0.25) is 0 Å². The maximum Gasteiger partial charge on any atom is 0.274 e. The first-order chi connectivity index (χ1) is 13.0. The lowest BCUT2D eigenvalue weighted by molar-refractivity contribution is -0.385. The zero-order chi connectivity index (χ0) is 19.4. The van der Waals surface area contributed by atoms with E-state index in [0.29, 0.717) is 29.8 Å². The number of benzene rings is 1. The number of hydrogen-bond acceptors (Lipinski definition) is 7. The van der Waals surface area contributed by atoms with Crippen molar-refractivity contribution in [1.29, 1.82) is 0 Å². The Hall–Kier alpha value is -2.74. The molecule has 1 atom stereocenters. The van der Waals surface area contributed by atoms with Gasteiger partial charge in [-0.15, -0.1) is 0 Å². The van der Waals surface area contributed by atoms with Gasteiger partial charge in [0.15, 0.2) is 0 Å². The smallest absolute Gasteiger partial charge is 0.274 e. The van der Waals surface area contributed by atoms with Crippen LogP contribution in [-0.4, -0.2) is 32.6 Å². The number of nitro benzene ring substituents is 1. The Kier molecular flexibility index (Phi) is 5.85. The summed E-state index contributed by atoms with van der Waals surface area (Å²) in [6.45, 7) is 4.33. The van der Waals surface area contributed by atoms with E-state index in [1.807, 2.05) is 19.9 Å². The molecule has 1 fully saturated rings. The first kappa shape index (κ1) is 19.0. The first-order valence-electron chi connectivity index (χ1n) is 9.20. The second-order valence-electron chi connectivity index (χ2n) is 7.19. The van der Waals surface area contributed by atoms with Gasteiger partial charge in [-0.1, -0.05) is 32.0 Å². The summed E-state index contributed by atoms with van der Waals surface area (Å²) in [6, 6.07) is 8.42. The molecule has 1 aromatic heterocycles. The number of anilines is 2. The van der Waals surface area contributed by atoms with Gasteiger partial charge in [-0.25, -0.2) is 4.98 Å². The number of aromatic nitrogens is 2. The van der Waals surface area contributed by atoms with Gasteiger partial charge in [-0.05, 0) is 18.8 Å². The van der Waals surface area contributed by atoms with Gasteiger partial charge in [-0.3, -0.25) is 10.1 Å². The predicted octanol–water partition coefficient (Wildman–Crippen LogP) is 3.30. The number of hydrogen-bond donors (Lipinski definition) is 3. The van der Waals surface area contributed by atoms with Crippen LogP contribution in [0.25, 0.3) is 0 Å². The molecule has 144 valence electrons. The number of nitro groups is 1. The molecule has 1 aliphatic rings. The number of rotatable bonds is 9. The molecule has 3 N–H and O–H groups in total. The molecule has 0 amide bonds. The lowest BCUT2D eigenvalue weighted by atomic mass is 10.1. The minimum Gasteiger partial charge on any atom is -0.394 e. The molecule has 0 unspecified atom stereocenters. The van der Waals surface area contributed by atoms with E-state index in [1.54, 1.807) is 18.2 Å². The Morgan fingerprint density at radius 2 is 2.04 bits per heavy atom. The van der Waals surface area contributed by atoms with Crippen LogP contribution in [0.4, 0.5) is 17.5 Å². The lowest BCUT2D eigenvalue weighted by Gasteiger charge is -2.20. The maximum absolute atomic E-state index is 11.2. The molecule has 1 heterocycles. The summed E-state index contributed by atoms with van der Waals surface area (Å²) in [5, 5.41) is 27.1. The molecule has 0 bridgehead atoms. The molecular weight excluding hydrogens is 346 g/mol. The summed E-state index contributed by atoms with van der Waals surface area (Å²) in [4.78, 5) is 19.9. The molecule has 1 saturated carbocycles. The number of para-hydroxylation sites is 1. The van der Waals surface area contributed by atoms with Gasteiger partial charge in [0, 0.05) is 30.2 Å². The lowest BCUT2D eigenvalue weighted by Crippen LogP contribution is -2.30. The Labute approximate surface area is 158 Å². The molecule has 0 radical (unpaired) electrons. The van der Waals surface area contributed by atoms with Crippen LogP contribution in [0, 0.1) is 16.0 Å². The zero-order valence-corrected chi connectivity index (χ0v) is 15.6. The second-order valence-corrected chi connectivity index (χ2v) is 7.19. The average molecular weight is 371 g/mol. The van der Waals surface area contributed by atoms with E-state index in [2.05, 4.69) is 20.6 Å². The summed E-state index contributed by atoms with van der Waals surface area (Å²) in [5.41, 5.74) is 1.64. The van der Waals surface area contributed by atoms with Crippen LogP contribution in [0.5, 0.6) is 0 Å². The number of aliphatic hydroxyl groups is 1. The molecule has 8 heteroatoms. The van der Waals surface area contributed by atoms with Crippen molar-refractivity contribution < 1.29 is 10.0 Å². The fourth-order valence-corrected chi connectivity index (χ4v) is 2.82. The van der Waals surface area contributed by atoms with Crippen LogP contribution in [-0.2, 0) is 6.54 Å². The van der Waals surface area contributed by atoms with E-state index in [9.17, 15) is 15.2 Å². The molecular formula is C19H25N5O3. The van der Waals surface area contributed by atoms with Crippen molar-refractivity contribution in [3.63, 3.8) is 0 Å². The molecule has 27 heavy (non-hydrogen) atoms. The third kappa shape index (κ3) is 4.91. The SMILES string of the molecule is CC(C)[C@H](CO)Nc1nc(NCc2ccccc2[N+](=O)[O-])cc(C2CC2)n1. The van der Waals surface area contributed by atoms with Crippen molar-refractivity contribution in [3.05, 3.63) is 51.7 Å². The van der Waals surface area contributed by atoms with Crippen LogP contribution < -0.4 is 10.6 Å². The maximum atomic E-state index is 11.2. The third-order valence-corrected chi connectivity index (χ3v) is 4.71. The highest BCUT2D eigenvalue weighted by atomic mass is 16.6.